The van der Waals surface area contributed by atoms with Gasteiger partial charge in [-0.25, -0.2) is 0 Å². The number of carbonyl (C=O) groups excluding carboxylic acids is 1. The molecule has 0 aromatic heterocycles. The van der Waals surface area contributed by atoms with E-state index >= 15 is 0 Å². The van der Waals surface area contributed by atoms with Gasteiger partial charge in [0.25, 0.3) is 0 Å². The summed E-state index contributed by atoms with van der Waals surface area (Å²) in [6, 6.07) is 7.02. The summed E-state index contributed by atoms with van der Waals surface area (Å²) in [4.78, 5) is 15.3. The summed E-state index contributed by atoms with van der Waals surface area (Å²) in [5.74, 6) is -0.105. The van der Waals surface area contributed by atoms with Crippen LogP contribution in [0.25, 0.3) is 0 Å². The minimum Gasteiger partial charge on any atom is -0.399 e. The highest BCUT2D eigenvalue weighted by Crippen LogP contribution is 2.15. The van der Waals surface area contributed by atoms with E-state index in [0.29, 0.717) is 18.8 Å². The summed E-state index contributed by atoms with van der Waals surface area (Å²) in [6.07, 6.45) is 0. The maximum Gasteiger partial charge on any atom is 0.240 e. The summed E-state index contributed by atoms with van der Waals surface area (Å²) >= 11 is 0. The van der Waals surface area contributed by atoms with Crippen LogP contribution in [0.3, 0.4) is 0 Å². The average Bonchev–Trinajstić information content (AvgIpc) is 2.39. The van der Waals surface area contributed by atoms with Crippen molar-refractivity contribution < 1.29 is 15.0 Å². The van der Waals surface area contributed by atoms with Gasteiger partial charge in [0, 0.05) is 31.5 Å². The van der Waals surface area contributed by atoms with Crippen molar-refractivity contribution >= 4 is 17.3 Å². The number of rotatable bonds is 7. The third-order valence-electron chi connectivity index (χ3n) is 2.85. The molecule has 1 aromatic rings. The lowest BCUT2D eigenvalue weighted by molar-refractivity contribution is -0.119. The van der Waals surface area contributed by atoms with Gasteiger partial charge >= 0.3 is 0 Å². The number of likely N-dealkylation sites (N-methyl/N-ethyl adjacent to an activating group) is 1. The van der Waals surface area contributed by atoms with E-state index in [1.165, 1.54) is 4.90 Å². The lowest BCUT2D eigenvalue weighted by atomic mass is 10.2. The molecule has 0 aliphatic rings. The molecule has 0 aliphatic carbocycles. The van der Waals surface area contributed by atoms with Crippen molar-refractivity contribution in [1.82, 2.24) is 4.90 Å². The van der Waals surface area contributed by atoms with E-state index in [1.54, 1.807) is 36.2 Å². The first kappa shape index (κ1) is 15.4. The van der Waals surface area contributed by atoms with Crippen molar-refractivity contribution in [2.45, 2.75) is 0 Å². The average molecular weight is 267 g/mol. The minimum atomic E-state index is -0.105. The number of nitrogens with zero attached hydrogens (tertiary/aromatic N) is 2. The second kappa shape index (κ2) is 7.73. The van der Waals surface area contributed by atoms with Gasteiger partial charge in [0.05, 0.1) is 19.8 Å². The molecular formula is C13H21N3O3. The zero-order valence-corrected chi connectivity index (χ0v) is 11.1. The highest BCUT2D eigenvalue weighted by Gasteiger charge is 2.15. The smallest absolute Gasteiger partial charge is 0.240 e. The number of benzene rings is 1. The Bertz CT molecular complexity index is 389. The highest BCUT2D eigenvalue weighted by molar-refractivity contribution is 5.94. The van der Waals surface area contributed by atoms with Crippen LogP contribution in [0.15, 0.2) is 24.3 Å². The van der Waals surface area contributed by atoms with E-state index in [0.717, 1.165) is 5.69 Å². The minimum absolute atomic E-state index is 0.0428. The Morgan fingerprint density at radius 1 is 1.16 bits per heavy atom. The Labute approximate surface area is 113 Å². The van der Waals surface area contributed by atoms with Crippen molar-refractivity contribution in [2.24, 2.45) is 0 Å². The van der Waals surface area contributed by atoms with Gasteiger partial charge in [-0.3, -0.25) is 9.69 Å². The van der Waals surface area contributed by atoms with E-state index in [1.807, 2.05) is 0 Å². The number of aliphatic hydroxyl groups is 2. The van der Waals surface area contributed by atoms with Gasteiger partial charge in [0.2, 0.25) is 5.91 Å². The number of anilines is 2. The SMILES string of the molecule is CN(C(=O)CN(CCO)CCO)c1ccc(N)cc1. The largest absolute Gasteiger partial charge is 0.399 e. The number of hydrogen-bond donors (Lipinski definition) is 3. The summed E-state index contributed by atoms with van der Waals surface area (Å²) < 4.78 is 0. The molecule has 0 unspecified atom stereocenters. The van der Waals surface area contributed by atoms with Gasteiger partial charge in [-0.15, -0.1) is 0 Å². The van der Waals surface area contributed by atoms with Crippen LogP contribution in [0, 0.1) is 0 Å². The van der Waals surface area contributed by atoms with E-state index < -0.39 is 0 Å². The first-order valence-electron chi connectivity index (χ1n) is 6.14. The first-order valence-corrected chi connectivity index (χ1v) is 6.14. The number of nitrogen functional groups attached to an aromatic ring is 1. The maximum atomic E-state index is 12.1. The zero-order valence-electron chi connectivity index (χ0n) is 11.1. The molecule has 1 amide bonds. The molecular weight excluding hydrogens is 246 g/mol. The molecule has 0 spiro atoms. The Morgan fingerprint density at radius 2 is 1.68 bits per heavy atom. The fraction of sp³-hybridized carbons (Fsp3) is 0.462. The van der Waals surface area contributed by atoms with Gasteiger partial charge in [-0.2, -0.15) is 0 Å². The third-order valence-corrected chi connectivity index (χ3v) is 2.85. The van der Waals surface area contributed by atoms with Crippen molar-refractivity contribution in [3.63, 3.8) is 0 Å². The number of carbonyl (C=O) groups is 1. The van der Waals surface area contributed by atoms with E-state index in [9.17, 15) is 4.79 Å². The molecule has 1 rings (SSSR count). The Morgan fingerprint density at radius 3 is 2.16 bits per heavy atom. The zero-order chi connectivity index (χ0) is 14.3. The van der Waals surface area contributed by atoms with E-state index in [2.05, 4.69) is 0 Å². The molecule has 106 valence electrons. The summed E-state index contributed by atoms with van der Waals surface area (Å²) in [7, 11) is 1.68. The predicted molar refractivity (Wildman–Crippen MR) is 74.9 cm³/mol. The van der Waals surface area contributed by atoms with Gasteiger partial charge in [-0.1, -0.05) is 0 Å². The topological polar surface area (TPSA) is 90.0 Å². The van der Waals surface area contributed by atoms with Crippen molar-refractivity contribution in [3.8, 4) is 0 Å². The predicted octanol–water partition coefficient (Wildman–Crippen LogP) is -0.482. The molecule has 0 saturated heterocycles. The summed E-state index contributed by atoms with van der Waals surface area (Å²) in [6.45, 7) is 0.795. The van der Waals surface area contributed by atoms with Gasteiger partial charge < -0.3 is 20.8 Å². The molecule has 6 nitrogen and oxygen atoms in total. The molecule has 0 atom stereocenters. The van der Waals surface area contributed by atoms with Crippen molar-refractivity contribution in [3.05, 3.63) is 24.3 Å². The number of hydrogen-bond acceptors (Lipinski definition) is 5. The molecule has 0 bridgehead atoms. The lowest BCUT2D eigenvalue weighted by Crippen LogP contribution is -2.40. The van der Waals surface area contributed by atoms with Crippen LogP contribution in [-0.2, 0) is 4.79 Å². The second-order valence-electron chi connectivity index (χ2n) is 4.27. The fourth-order valence-electron chi connectivity index (χ4n) is 1.69. The van der Waals surface area contributed by atoms with Crippen LogP contribution in [0.5, 0.6) is 0 Å². The quantitative estimate of drug-likeness (QED) is 0.580. The van der Waals surface area contributed by atoms with Crippen LogP contribution >= 0.6 is 0 Å². The van der Waals surface area contributed by atoms with Crippen molar-refractivity contribution in [2.75, 3.05) is 50.5 Å². The third kappa shape index (κ3) is 4.86. The first-order chi connectivity index (χ1) is 9.08. The standard InChI is InChI=1S/C13H21N3O3/c1-15(12-4-2-11(14)3-5-12)13(19)10-16(6-8-17)7-9-18/h2-5,17-18H,6-10,14H2,1H3. The van der Waals surface area contributed by atoms with Crippen LogP contribution < -0.4 is 10.6 Å². The van der Waals surface area contributed by atoms with Gasteiger partial charge in [-0.05, 0) is 24.3 Å². The number of aliphatic hydroxyl groups excluding tert-OH is 2. The van der Waals surface area contributed by atoms with Crippen LogP contribution in [-0.4, -0.2) is 60.9 Å². The monoisotopic (exact) mass is 267 g/mol. The normalized spacial score (nSPS) is 10.7. The van der Waals surface area contributed by atoms with Crippen LogP contribution in [0.4, 0.5) is 11.4 Å². The molecule has 4 N–H and O–H groups in total. The second-order valence-corrected chi connectivity index (χ2v) is 4.27. The van der Waals surface area contributed by atoms with E-state index in [-0.39, 0.29) is 25.7 Å². The highest BCUT2D eigenvalue weighted by atomic mass is 16.3. The molecule has 1 aromatic carbocycles. The molecule has 0 radical (unpaired) electrons. The Kier molecular flexibility index (Phi) is 6.27. The van der Waals surface area contributed by atoms with E-state index in [4.69, 9.17) is 15.9 Å². The lowest BCUT2D eigenvalue weighted by Gasteiger charge is -2.24. The molecule has 19 heavy (non-hydrogen) atoms. The molecule has 0 heterocycles. The maximum absolute atomic E-state index is 12.1. The summed E-state index contributed by atoms with van der Waals surface area (Å²) in [5.41, 5.74) is 7.00. The fourth-order valence-corrected chi connectivity index (χ4v) is 1.69. The van der Waals surface area contributed by atoms with Crippen LogP contribution in [0.1, 0.15) is 0 Å². The van der Waals surface area contributed by atoms with Crippen molar-refractivity contribution in [1.29, 1.82) is 0 Å². The van der Waals surface area contributed by atoms with Crippen LogP contribution in [0.2, 0.25) is 0 Å². The summed E-state index contributed by atoms with van der Waals surface area (Å²) in [5, 5.41) is 17.8. The number of amides is 1. The van der Waals surface area contributed by atoms with Gasteiger partial charge in [0.15, 0.2) is 0 Å². The Hall–Kier alpha value is -1.63. The molecule has 6 heteroatoms. The number of nitrogens with two attached hydrogens (primary N) is 1. The molecule has 0 saturated carbocycles. The molecule has 0 aliphatic heterocycles. The Balaban J connectivity index is 2.62. The molecule has 0 fully saturated rings. The van der Waals surface area contributed by atoms with Gasteiger partial charge in [0.1, 0.15) is 0 Å².